The van der Waals surface area contributed by atoms with Gasteiger partial charge in [0.15, 0.2) is 0 Å². The molecule has 1 N–H and O–H groups in total. The molecule has 2 aromatic rings. The summed E-state index contributed by atoms with van der Waals surface area (Å²) in [5.74, 6) is -0.0427. The summed E-state index contributed by atoms with van der Waals surface area (Å²) in [5, 5.41) is 14.8. The molecule has 0 radical (unpaired) electrons. The summed E-state index contributed by atoms with van der Waals surface area (Å²) < 4.78 is 0. The Morgan fingerprint density at radius 2 is 2.37 bits per heavy atom. The maximum Gasteiger partial charge on any atom is 0.230 e. The predicted octanol–water partition coefficient (Wildman–Crippen LogP) is 3.35. The summed E-state index contributed by atoms with van der Waals surface area (Å²) in [5.41, 5.74) is 1.83. The molecule has 0 saturated heterocycles. The van der Waals surface area contributed by atoms with Crippen molar-refractivity contribution in [1.82, 2.24) is 0 Å². The van der Waals surface area contributed by atoms with Crippen LogP contribution < -0.4 is 5.32 Å². The first-order valence-electron chi connectivity index (χ1n) is 6.15. The maximum absolute atomic E-state index is 12.0. The molecule has 2 aromatic heterocycles. The normalized spacial score (nSPS) is 13.0. The van der Waals surface area contributed by atoms with Crippen LogP contribution in [0.4, 0.5) is 5.00 Å². The van der Waals surface area contributed by atoms with Crippen molar-refractivity contribution in [2.45, 2.75) is 25.7 Å². The lowest BCUT2D eigenvalue weighted by molar-refractivity contribution is -0.115. The van der Waals surface area contributed by atoms with E-state index in [9.17, 15) is 10.1 Å². The molecule has 0 aromatic carbocycles. The van der Waals surface area contributed by atoms with Crippen LogP contribution in [0.25, 0.3) is 0 Å². The van der Waals surface area contributed by atoms with Gasteiger partial charge in [0, 0.05) is 9.75 Å². The van der Waals surface area contributed by atoms with Crippen LogP contribution in [0.1, 0.15) is 27.3 Å². The molecule has 1 amide bonds. The number of amides is 1. The number of thiophene rings is 2. The molecule has 1 aliphatic carbocycles. The van der Waals surface area contributed by atoms with Crippen molar-refractivity contribution >= 4 is 33.6 Å². The highest BCUT2D eigenvalue weighted by Crippen LogP contribution is 2.38. The van der Waals surface area contributed by atoms with E-state index in [4.69, 9.17) is 0 Å². The Labute approximate surface area is 119 Å². The number of nitrogens with one attached hydrogen (secondary N) is 1. The van der Waals surface area contributed by atoms with E-state index in [1.165, 1.54) is 4.88 Å². The summed E-state index contributed by atoms with van der Waals surface area (Å²) in [6.45, 7) is 0. The molecular formula is C14H12N2OS2. The van der Waals surface area contributed by atoms with Gasteiger partial charge in [0.25, 0.3) is 0 Å². The molecule has 1 aliphatic rings. The summed E-state index contributed by atoms with van der Waals surface area (Å²) >= 11 is 3.14. The molecule has 2 heterocycles. The van der Waals surface area contributed by atoms with Crippen LogP contribution >= 0.6 is 22.7 Å². The van der Waals surface area contributed by atoms with Gasteiger partial charge in [-0.2, -0.15) is 5.26 Å². The lowest BCUT2D eigenvalue weighted by Crippen LogP contribution is -2.13. The average molecular weight is 288 g/mol. The van der Waals surface area contributed by atoms with Crippen LogP contribution in [0.15, 0.2) is 17.5 Å². The molecule has 0 aliphatic heterocycles. The number of anilines is 1. The summed E-state index contributed by atoms with van der Waals surface area (Å²) in [7, 11) is 0. The minimum absolute atomic E-state index is 0.0427. The zero-order chi connectivity index (χ0) is 13.2. The van der Waals surface area contributed by atoms with E-state index in [1.807, 2.05) is 17.5 Å². The molecule has 96 valence electrons. The van der Waals surface area contributed by atoms with Crippen molar-refractivity contribution in [2.75, 3.05) is 5.32 Å². The molecule has 3 rings (SSSR count). The number of carbonyl (C=O) groups is 1. The van der Waals surface area contributed by atoms with Gasteiger partial charge < -0.3 is 5.32 Å². The van der Waals surface area contributed by atoms with Crippen molar-refractivity contribution < 1.29 is 4.79 Å². The smallest absolute Gasteiger partial charge is 0.230 e. The van der Waals surface area contributed by atoms with Gasteiger partial charge in [-0.25, -0.2) is 0 Å². The fourth-order valence-electron chi connectivity index (χ4n) is 2.35. The van der Waals surface area contributed by atoms with E-state index in [1.54, 1.807) is 22.7 Å². The lowest BCUT2D eigenvalue weighted by atomic mass is 10.1. The van der Waals surface area contributed by atoms with Crippen molar-refractivity contribution in [3.8, 4) is 6.07 Å². The zero-order valence-electron chi connectivity index (χ0n) is 10.2. The molecule has 0 saturated carbocycles. The van der Waals surface area contributed by atoms with Gasteiger partial charge in [0.05, 0.1) is 12.0 Å². The lowest BCUT2D eigenvalue weighted by Gasteiger charge is -2.02. The van der Waals surface area contributed by atoms with Crippen LogP contribution in [-0.2, 0) is 24.1 Å². The second-order valence-corrected chi connectivity index (χ2v) is 6.62. The first-order valence-corrected chi connectivity index (χ1v) is 7.84. The van der Waals surface area contributed by atoms with Crippen LogP contribution in [0.5, 0.6) is 0 Å². The molecule has 0 atom stereocenters. The standard InChI is InChI=1S/C14H12N2OS2/c15-8-11-10-4-1-5-12(10)19-14(11)16-13(17)7-9-3-2-6-18-9/h2-3,6H,1,4-5,7H2,(H,16,17). The van der Waals surface area contributed by atoms with E-state index < -0.39 is 0 Å². The monoisotopic (exact) mass is 288 g/mol. The highest BCUT2D eigenvalue weighted by atomic mass is 32.1. The molecule has 0 spiro atoms. The third kappa shape index (κ3) is 2.42. The third-order valence-electron chi connectivity index (χ3n) is 3.20. The fourth-order valence-corrected chi connectivity index (χ4v) is 4.31. The number of aryl methyl sites for hydroxylation is 1. The van der Waals surface area contributed by atoms with Crippen LogP contribution in [0, 0.1) is 11.3 Å². The number of rotatable bonds is 3. The topological polar surface area (TPSA) is 52.9 Å². The Bertz CT molecular complexity index is 650. The zero-order valence-corrected chi connectivity index (χ0v) is 11.9. The van der Waals surface area contributed by atoms with Crippen LogP contribution in [-0.4, -0.2) is 5.91 Å². The molecule has 0 fully saturated rings. The van der Waals surface area contributed by atoms with Gasteiger partial charge in [-0.15, -0.1) is 22.7 Å². The molecule has 5 heteroatoms. The maximum atomic E-state index is 12.0. The number of nitrogens with zero attached hydrogens (tertiary/aromatic N) is 1. The molecule has 3 nitrogen and oxygen atoms in total. The van der Waals surface area contributed by atoms with Crippen LogP contribution in [0.3, 0.4) is 0 Å². The largest absolute Gasteiger partial charge is 0.316 e. The van der Waals surface area contributed by atoms with Gasteiger partial charge in [-0.3, -0.25) is 4.79 Å². The molecule has 19 heavy (non-hydrogen) atoms. The quantitative estimate of drug-likeness (QED) is 0.941. The minimum atomic E-state index is -0.0427. The second kappa shape index (κ2) is 5.16. The Morgan fingerprint density at radius 3 is 3.11 bits per heavy atom. The van der Waals surface area contributed by atoms with E-state index >= 15 is 0 Å². The SMILES string of the molecule is N#Cc1c(NC(=O)Cc2cccs2)sc2c1CCC2. The predicted molar refractivity (Wildman–Crippen MR) is 77.7 cm³/mol. The van der Waals surface area contributed by atoms with Gasteiger partial charge in [-0.05, 0) is 36.3 Å². The van der Waals surface area contributed by atoms with Crippen molar-refractivity contribution in [3.05, 3.63) is 38.4 Å². The van der Waals surface area contributed by atoms with E-state index in [-0.39, 0.29) is 5.91 Å². The number of fused-ring (bicyclic) bond motifs is 1. The Balaban J connectivity index is 1.77. The van der Waals surface area contributed by atoms with Crippen molar-refractivity contribution in [3.63, 3.8) is 0 Å². The molecule has 0 unspecified atom stereocenters. The van der Waals surface area contributed by atoms with E-state index in [2.05, 4.69) is 11.4 Å². The summed E-state index contributed by atoms with van der Waals surface area (Å²) in [6, 6.07) is 6.12. The van der Waals surface area contributed by atoms with Gasteiger partial charge >= 0.3 is 0 Å². The average Bonchev–Trinajstić information content (AvgIpc) is 3.05. The third-order valence-corrected chi connectivity index (χ3v) is 5.28. The second-order valence-electron chi connectivity index (χ2n) is 4.48. The van der Waals surface area contributed by atoms with E-state index in [0.717, 1.165) is 34.7 Å². The highest BCUT2D eigenvalue weighted by molar-refractivity contribution is 7.16. The van der Waals surface area contributed by atoms with Crippen LogP contribution in [0.2, 0.25) is 0 Å². The number of nitriles is 1. The minimum Gasteiger partial charge on any atom is -0.316 e. The Hall–Kier alpha value is -1.64. The number of hydrogen-bond donors (Lipinski definition) is 1. The molecule has 0 bridgehead atoms. The van der Waals surface area contributed by atoms with Gasteiger partial charge in [0.1, 0.15) is 11.1 Å². The number of carbonyl (C=O) groups excluding carboxylic acids is 1. The Morgan fingerprint density at radius 1 is 1.47 bits per heavy atom. The molecular weight excluding hydrogens is 276 g/mol. The highest BCUT2D eigenvalue weighted by Gasteiger charge is 2.23. The summed E-state index contributed by atoms with van der Waals surface area (Å²) in [6.07, 6.45) is 3.51. The Kier molecular flexibility index (Phi) is 3.36. The first kappa shape index (κ1) is 12.4. The van der Waals surface area contributed by atoms with Crippen molar-refractivity contribution in [1.29, 1.82) is 5.26 Å². The van der Waals surface area contributed by atoms with E-state index in [0.29, 0.717) is 12.0 Å². The van der Waals surface area contributed by atoms with Gasteiger partial charge in [-0.1, -0.05) is 6.07 Å². The van der Waals surface area contributed by atoms with Crippen molar-refractivity contribution in [2.24, 2.45) is 0 Å². The number of hydrogen-bond acceptors (Lipinski definition) is 4. The van der Waals surface area contributed by atoms with Gasteiger partial charge in [0.2, 0.25) is 5.91 Å². The fraction of sp³-hybridized carbons (Fsp3) is 0.286. The summed E-state index contributed by atoms with van der Waals surface area (Å²) in [4.78, 5) is 14.3. The first-order chi connectivity index (χ1) is 9.28.